The molecule has 0 fully saturated rings. The lowest BCUT2D eigenvalue weighted by atomic mass is 10.1. The van der Waals surface area contributed by atoms with Gasteiger partial charge < -0.3 is 10.6 Å². The van der Waals surface area contributed by atoms with Crippen molar-refractivity contribution < 1.29 is 9.59 Å². The summed E-state index contributed by atoms with van der Waals surface area (Å²) in [6.45, 7) is 3.55. The van der Waals surface area contributed by atoms with Gasteiger partial charge in [0.05, 0.1) is 24.2 Å². The molecule has 1 aliphatic heterocycles. The molecule has 1 aliphatic rings. The molecule has 0 atom stereocenters. The van der Waals surface area contributed by atoms with Crippen LogP contribution in [0.5, 0.6) is 0 Å². The number of carbonyl (C=O) groups excluding carboxylic acids is 2. The highest BCUT2D eigenvalue weighted by Crippen LogP contribution is 2.21. The zero-order chi connectivity index (χ0) is 15.9. The average molecular weight is 426 g/mol. The molecule has 1 aromatic rings. The zero-order valence-electron chi connectivity index (χ0n) is 12.8. The number of halogens is 1. The van der Waals surface area contributed by atoms with Crippen molar-refractivity contribution in [3.63, 3.8) is 0 Å². The van der Waals surface area contributed by atoms with Gasteiger partial charge in [0.25, 0.3) is 11.8 Å². The summed E-state index contributed by atoms with van der Waals surface area (Å²) in [5, 5.41) is 5.99. The molecule has 0 bridgehead atoms. The Kier molecular flexibility index (Phi) is 7.54. The number of guanidine groups is 1. The largest absolute Gasteiger partial charge is 0.357 e. The molecule has 1 aromatic carbocycles. The number of terminal acetylenes is 1. The molecule has 122 valence electrons. The number of benzene rings is 1. The summed E-state index contributed by atoms with van der Waals surface area (Å²) in [5.41, 5.74) is 0.905. The van der Waals surface area contributed by atoms with E-state index >= 15 is 0 Å². The van der Waals surface area contributed by atoms with Crippen LogP contribution in [0.4, 0.5) is 0 Å². The zero-order valence-corrected chi connectivity index (χ0v) is 15.2. The van der Waals surface area contributed by atoms with Crippen molar-refractivity contribution in [2.75, 3.05) is 26.2 Å². The van der Waals surface area contributed by atoms with Gasteiger partial charge in [-0.2, -0.15) is 0 Å². The highest BCUT2D eigenvalue weighted by atomic mass is 127. The fourth-order valence-electron chi connectivity index (χ4n) is 2.18. The maximum absolute atomic E-state index is 12.2. The van der Waals surface area contributed by atoms with Crippen molar-refractivity contribution in [2.45, 2.75) is 6.92 Å². The standard InChI is InChI=1S/C16H18N4O2.HI/c1-3-9-18-16(17-4-2)19-10-11-20-14(21)12-7-5-6-8-13(12)15(20)22;/h1,5-8H,4,9-11H2,2H3,(H2,17,18,19);1H. The van der Waals surface area contributed by atoms with Gasteiger partial charge in [-0.05, 0) is 19.1 Å². The maximum Gasteiger partial charge on any atom is 0.261 e. The Morgan fingerprint density at radius 3 is 2.35 bits per heavy atom. The molecule has 0 saturated heterocycles. The van der Waals surface area contributed by atoms with E-state index in [0.717, 1.165) is 0 Å². The smallest absolute Gasteiger partial charge is 0.261 e. The summed E-state index contributed by atoms with van der Waals surface area (Å²) >= 11 is 0. The normalized spacial score (nSPS) is 13.2. The second-order valence-corrected chi connectivity index (χ2v) is 4.63. The molecule has 0 spiro atoms. The molecule has 7 heteroatoms. The third-order valence-electron chi connectivity index (χ3n) is 3.17. The summed E-state index contributed by atoms with van der Waals surface area (Å²) in [4.78, 5) is 29.9. The van der Waals surface area contributed by atoms with Crippen LogP contribution in [0.2, 0.25) is 0 Å². The van der Waals surface area contributed by atoms with Crippen molar-refractivity contribution in [1.29, 1.82) is 0 Å². The van der Waals surface area contributed by atoms with Gasteiger partial charge in [-0.15, -0.1) is 30.4 Å². The van der Waals surface area contributed by atoms with Crippen molar-refractivity contribution in [1.82, 2.24) is 15.5 Å². The predicted octanol–water partition coefficient (Wildman–Crippen LogP) is 1.09. The Morgan fingerprint density at radius 1 is 1.22 bits per heavy atom. The van der Waals surface area contributed by atoms with Crippen molar-refractivity contribution in [2.24, 2.45) is 4.99 Å². The van der Waals surface area contributed by atoms with E-state index in [9.17, 15) is 9.59 Å². The first-order valence-electron chi connectivity index (χ1n) is 7.10. The quantitative estimate of drug-likeness (QED) is 0.243. The van der Waals surface area contributed by atoms with Crippen LogP contribution < -0.4 is 10.6 Å². The topological polar surface area (TPSA) is 73.8 Å². The van der Waals surface area contributed by atoms with Gasteiger partial charge >= 0.3 is 0 Å². The first kappa shape index (κ1) is 19.0. The summed E-state index contributed by atoms with van der Waals surface area (Å²) in [6, 6.07) is 6.83. The molecule has 0 aromatic heterocycles. The Labute approximate surface area is 152 Å². The van der Waals surface area contributed by atoms with E-state index in [2.05, 4.69) is 21.5 Å². The van der Waals surface area contributed by atoms with Gasteiger partial charge in [0.1, 0.15) is 0 Å². The lowest BCUT2D eigenvalue weighted by Crippen LogP contribution is -2.38. The van der Waals surface area contributed by atoms with E-state index < -0.39 is 0 Å². The molecular weight excluding hydrogens is 407 g/mol. The summed E-state index contributed by atoms with van der Waals surface area (Å²) in [6.07, 6.45) is 5.19. The van der Waals surface area contributed by atoms with Gasteiger partial charge in [0.2, 0.25) is 0 Å². The molecule has 1 heterocycles. The monoisotopic (exact) mass is 426 g/mol. The van der Waals surface area contributed by atoms with Gasteiger partial charge in [-0.25, -0.2) is 0 Å². The minimum absolute atomic E-state index is 0. The fraction of sp³-hybridized carbons (Fsp3) is 0.312. The second kappa shape index (κ2) is 9.15. The van der Waals surface area contributed by atoms with Gasteiger partial charge in [0, 0.05) is 13.1 Å². The fourth-order valence-corrected chi connectivity index (χ4v) is 2.18. The number of hydrogen-bond acceptors (Lipinski definition) is 3. The van der Waals surface area contributed by atoms with Crippen LogP contribution in [0.3, 0.4) is 0 Å². The van der Waals surface area contributed by atoms with E-state index in [-0.39, 0.29) is 42.3 Å². The number of imide groups is 1. The molecule has 0 radical (unpaired) electrons. The molecule has 23 heavy (non-hydrogen) atoms. The summed E-state index contributed by atoms with van der Waals surface area (Å²) in [7, 11) is 0. The number of fused-ring (bicyclic) bond motifs is 1. The van der Waals surface area contributed by atoms with Crippen LogP contribution in [0.1, 0.15) is 27.6 Å². The lowest BCUT2D eigenvalue weighted by molar-refractivity contribution is 0.0659. The van der Waals surface area contributed by atoms with Gasteiger partial charge in [-0.3, -0.25) is 19.5 Å². The van der Waals surface area contributed by atoms with Crippen LogP contribution >= 0.6 is 24.0 Å². The molecule has 0 unspecified atom stereocenters. The molecule has 0 saturated carbocycles. The van der Waals surface area contributed by atoms with Crippen molar-refractivity contribution in [3.05, 3.63) is 35.4 Å². The van der Waals surface area contributed by atoms with Crippen molar-refractivity contribution >= 4 is 41.8 Å². The van der Waals surface area contributed by atoms with Crippen LogP contribution in [0, 0.1) is 12.3 Å². The minimum Gasteiger partial charge on any atom is -0.357 e. The van der Waals surface area contributed by atoms with Crippen LogP contribution in [-0.4, -0.2) is 48.9 Å². The highest BCUT2D eigenvalue weighted by molar-refractivity contribution is 14.0. The number of hydrogen-bond donors (Lipinski definition) is 2. The van der Waals surface area contributed by atoms with E-state index in [1.54, 1.807) is 24.3 Å². The maximum atomic E-state index is 12.2. The Bertz CT molecular complexity index is 617. The number of carbonyl (C=O) groups is 2. The second-order valence-electron chi connectivity index (χ2n) is 4.63. The molecule has 0 aliphatic carbocycles. The minimum atomic E-state index is -0.266. The highest BCUT2D eigenvalue weighted by Gasteiger charge is 2.34. The predicted molar refractivity (Wildman–Crippen MR) is 100 cm³/mol. The van der Waals surface area contributed by atoms with Crippen LogP contribution in [0.15, 0.2) is 29.3 Å². The Morgan fingerprint density at radius 2 is 1.83 bits per heavy atom. The molecule has 2 rings (SSSR count). The van der Waals surface area contributed by atoms with E-state index in [1.165, 1.54) is 4.90 Å². The van der Waals surface area contributed by atoms with Crippen LogP contribution in [-0.2, 0) is 0 Å². The molecular formula is C16H19IN4O2. The average Bonchev–Trinajstić information content (AvgIpc) is 2.78. The summed E-state index contributed by atoms with van der Waals surface area (Å²) < 4.78 is 0. The lowest BCUT2D eigenvalue weighted by Gasteiger charge is -2.13. The van der Waals surface area contributed by atoms with E-state index in [1.807, 2.05) is 6.92 Å². The number of nitrogens with zero attached hydrogens (tertiary/aromatic N) is 2. The Hall–Kier alpha value is -2.08. The number of rotatable bonds is 5. The third-order valence-corrected chi connectivity index (χ3v) is 3.17. The number of aliphatic imine (C=N–C) groups is 1. The SMILES string of the molecule is C#CCNC(=NCCN1C(=O)c2ccccc2C1=O)NCC.I. The first-order chi connectivity index (χ1) is 10.7. The van der Waals surface area contributed by atoms with Crippen LogP contribution in [0.25, 0.3) is 0 Å². The molecule has 2 N–H and O–H groups in total. The molecule has 2 amide bonds. The first-order valence-corrected chi connectivity index (χ1v) is 7.10. The molecule has 6 nitrogen and oxygen atoms in total. The number of nitrogens with one attached hydrogen (secondary N) is 2. The van der Waals surface area contributed by atoms with E-state index in [4.69, 9.17) is 6.42 Å². The summed E-state index contributed by atoms with van der Waals surface area (Å²) in [5.74, 6) is 2.50. The number of amides is 2. The third kappa shape index (κ3) is 4.45. The van der Waals surface area contributed by atoms with Gasteiger partial charge in [0.15, 0.2) is 5.96 Å². The van der Waals surface area contributed by atoms with E-state index in [0.29, 0.717) is 36.7 Å². The van der Waals surface area contributed by atoms with Gasteiger partial charge in [-0.1, -0.05) is 18.1 Å². The Balaban J connectivity index is 0.00000264. The van der Waals surface area contributed by atoms with Crippen molar-refractivity contribution in [3.8, 4) is 12.3 Å².